The van der Waals surface area contributed by atoms with Crippen LogP contribution in [0.3, 0.4) is 0 Å². The van der Waals surface area contributed by atoms with Crippen LogP contribution in [0.25, 0.3) is 44.6 Å². The topological polar surface area (TPSA) is 51.8 Å². The van der Waals surface area contributed by atoms with Gasteiger partial charge in [0.1, 0.15) is 0 Å². The molecular formula is C47H55IrN3OSi-2. The van der Waals surface area contributed by atoms with E-state index in [2.05, 4.69) is 99.4 Å². The van der Waals surface area contributed by atoms with E-state index in [9.17, 15) is 0 Å². The average Bonchev–Trinajstić information content (AvgIpc) is 3.79. The normalized spacial score (nSPS) is 15.5. The second-order valence-electron chi connectivity index (χ2n) is 16.7. The Labute approximate surface area is 332 Å². The van der Waals surface area contributed by atoms with Crippen molar-refractivity contribution in [3.05, 3.63) is 108 Å². The fourth-order valence-electron chi connectivity index (χ4n) is 8.51. The van der Waals surface area contributed by atoms with Crippen LogP contribution in [0.4, 0.5) is 0 Å². The zero-order valence-electron chi connectivity index (χ0n) is 32.5. The van der Waals surface area contributed by atoms with Crippen LogP contribution in [-0.4, -0.2) is 23.0 Å². The van der Waals surface area contributed by atoms with Gasteiger partial charge in [-0.05, 0) is 77.4 Å². The summed E-state index contributed by atoms with van der Waals surface area (Å²) in [6.07, 6.45) is 19.1. The van der Waals surface area contributed by atoms with E-state index in [1.54, 1.807) is 10.8 Å². The van der Waals surface area contributed by atoms with Crippen LogP contribution in [0.1, 0.15) is 99.9 Å². The van der Waals surface area contributed by atoms with Crippen LogP contribution in [0.2, 0.25) is 19.6 Å². The van der Waals surface area contributed by atoms with Crippen LogP contribution in [0.15, 0.2) is 77.5 Å². The van der Waals surface area contributed by atoms with Crippen molar-refractivity contribution in [2.24, 2.45) is 11.8 Å². The quantitative estimate of drug-likeness (QED) is 0.113. The molecule has 0 atom stereocenters. The molecule has 2 aliphatic rings. The number of rotatable bonds is 8. The summed E-state index contributed by atoms with van der Waals surface area (Å²) in [5.41, 5.74) is 10.9. The van der Waals surface area contributed by atoms with Crippen molar-refractivity contribution in [1.29, 1.82) is 0 Å². The summed E-state index contributed by atoms with van der Waals surface area (Å²) in [7, 11) is -1.36. The van der Waals surface area contributed by atoms with Crippen molar-refractivity contribution in [3.8, 4) is 22.5 Å². The molecule has 0 amide bonds. The fraction of sp³-hybridized carbons (Fsp3) is 0.426. The summed E-state index contributed by atoms with van der Waals surface area (Å²) in [4.78, 5) is 14.2. The molecule has 4 nitrogen and oxygen atoms in total. The molecule has 6 aromatic rings. The predicted octanol–water partition coefficient (Wildman–Crippen LogP) is 12.2. The van der Waals surface area contributed by atoms with Crippen molar-refractivity contribution in [2.75, 3.05) is 0 Å². The summed E-state index contributed by atoms with van der Waals surface area (Å²) >= 11 is 0. The summed E-state index contributed by atoms with van der Waals surface area (Å²) in [6, 6.07) is 27.7. The molecule has 0 N–H and O–H groups in total. The Bertz CT molecular complexity index is 2120. The number of hydrogen-bond donors (Lipinski definition) is 0. The summed E-state index contributed by atoms with van der Waals surface area (Å²) in [5.74, 6) is 2.15. The van der Waals surface area contributed by atoms with Gasteiger partial charge in [0.2, 0.25) is 5.71 Å². The maximum absolute atomic E-state index is 6.19. The van der Waals surface area contributed by atoms with Gasteiger partial charge in [0, 0.05) is 43.6 Å². The van der Waals surface area contributed by atoms with E-state index in [0.29, 0.717) is 11.6 Å². The van der Waals surface area contributed by atoms with E-state index < -0.39 is 8.07 Å². The third kappa shape index (κ3) is 9.27. The molecule has 0 aliphatic heterocycles. The van der Waals surface area contributed by atoms with Gasteiger partial charge in [-0.15, -0.1) is 54.1 Å². The molecule has 0 saturated heterocycles. The molecule has 0 unspecified atom stereocenters. The number of fused-ring (bicyclic) bond motifs is 3. The minimum Gasteiger partial charge on any atom is -0.486 e. The Hall–Kier alpha value is -3.44. The first-order valence-corrected chi connectivity index (χ1v) is 23.3. The largest absolute Gasteiger partial charge is 0.486 e. The van der Waals surface area contributed by atoms with Crippen molar-refractivity contribution in [3.63, 3.8) is 0 Å². The van der Waals surface area contributed by atoms with E-state index in [1.807, 2.05) is 31.2 Å². The van der Waals surface area contributed by atoms with Crippen molar-refractivity contribution in [2.45, 2.75) is 117 Å². The molecule has 2 fully saturated rings. The van der Waals surface area contributed by atoms with Crippen LogP contribution >= 0.6 is 0 Å². The maximum Gasteiger partial charge on any atom is 0.216 e. The van der Waals surface area contributed by atoms with Gasteiger partial charge in [0.15, 0.2) is 0 Å². The monoisotopic (exact) mass is 898 g/mol. The fourth-order valence-corrected chi connectivity index (χ4v) is 10.1. The van der Waals surface area contributed by atoms with Crippen molar-refractivity contribution < 1.29 is 24.5 Å². The molecule has 0 spiro atoms. The van der Waals surface area contributed by atoms with Crippen LogP contribution in [-0.2, 0) is 32.9 Å². The molecule has 0 bridgehead atoms. The molecule has 2 aromatic carbocycles. The second-order valence-corrected chi connectivity index (χ2v) is 21.8. The van der Waals surface area contributed by atoms with E-state index in [4.69, 9.17) is 14.4 Å². The van der Waals surface area contributed by atoms with Gasteiger partial charge in [-0.25, -0.2) is 4.98 Å². The smallest absolute Gasteiger partial charge is 0.216 e. The molecular weight excluding hydrogens is 843 g/mol. The molecule has 8 rings (SSSR count). The van der Waals surface area contributed by atoms with Gasteiger partial charge >= 0.3 is 0 Å². The summed E-state index contributed by atoms with van der Waals surface area (Å²) in [5, 5.41) is 3.67. The van der Waals surface area contributed by atoms with Crippen LogP contribution in [0.5, 0.6) is 0 Å². The average molecular weight is 898 g/mol. The zero-order valence-corrected chi connectivity index (χ0v) is 35.9. The standard InChI is InChI=1S/C26H27N2O.C21H28NSi.Ir/c1-16(2)23-15-27-24(14-19(23)13-18-7-4-5-8-18)22-10-6-9-20-21-12-11-17(3)28-26(21)29-25(20)22;1-23(2,3)21-16-22-20(18-12-8-5-9-13-18)15-19(21)14-17-10-6-4-7-11-17;/h6,9,11-12,14-16,18H,4-5,7-8,13H2,1-3H3;5,8-9,12,15-17H,4,6-7,10-11,14H2,1-3H3;/q2*-1;. The van der Waals surface area contributed by atoms with Crippen molar-refractivity contribution >= 4 is 35.3 Å². The van der Waals surface area contributed by atoms with Gasteiger partial charge in [-0.1, -0.05) is 120 Å². The van der Waals surface area contributed by atoms with Gasteiger partial charge in [0.05, 0.1) is 13.7 Å². The number of pyridine rings is 3. The summed E-state index contributed by atoms with van der Waals surface area (Å²) < 4.78 is 6.19. The SMILES string of the molecule is C[Si](C)(C)c1cnc(-c2[c-]cccc2)cc1CC1CCCCC1.Cc1ccc2c(n1)oc1c(-c3cc(CC4CCCC4)c(C(C)C)cn3)[c-]ccc12.[Ir]. The van der Waals surface area contributed by atoms with Crippen LogP contribution in [0, 0.1) is 30.9 Å². The minimum absolute atomic E-state index is 0. The van der Waals surface area contributed by atoms with Gasteiger partial charge in [-0.3, -0.25) is 0 Å². The number of benzene rings is 2. The molecule has 53 heavy (non-hydrogen) atoms. The van der Waals surface area contributed by atoms with E-state index in [0.717, 1.165) is 62.8 Å². The third-order valence-electron chi connectivity index (χ3n) is 11.3. The molecule has 6 heteroatoms. The first-order valence-electron chi connectivity index (χ1n) is 19.8. The van der Waals surface area contributed by atoms with Crippen LogP contribution < -0.4 is 5.19 Å². The third-order valence-corrected chi connectivity index (χ3v) is 13.4. The maximum atomic E-state index is 6.19. The van der Waals surface area contributed by atoms with Gasteiger partial charge in [-0.2, -0.15) is 0 Å². The molecule has 2 aliphatic carbocycles. The molecule has 1 radical (unpaired) electrons. The second kappa shape index (κ2) is 17.4. The number of furan rings is 1. The Kier molecular flexibility index (Phi) is 12.9. The Morgan fingerprint density at radius 3 is 2.11 bits per heavy atom. The number of nitrogens with zero attached hydrogens (tertiary/aromatic N) is 3. The Morgan fingerprint density at radius 1 is 0.755 bits per heavy atom. The summed E-state index contributed by atoms with van der Waals surface area (Å²) in [6.45, 7) is 13.8. The van der Waals surface area contributed by atoms with E-state index >= 15 is 0 Å². The molecule has 4 heterocycles. The number of aryl methyl sites for hydroxylation is 1. The first kappa shape index (κ1) is 39.3. The van der Waals surface area contributed by atoms with Gasteiger partial charge < -0.3 is 14.4 Å². The van der Waals surface area contributed by atoms with Gasteiger partial charge in [0.25, 0.3) is 0 Å². The van der Waals surface area contributed by atoms with Crippen molar-refractivity contribution in [1.82, 2.24) is 15.0 Å². The first-order chi connectivity index (χ1) is 25.1. The zero-order chi connectivity index (χ0) is 36.2. The number of hydrogen-bond acceptors (Lipinski definition) is 4. The minimum atomic E-state index is -1.36. The Morgan fingerprint density at radius 2 is 1.43 bits per heavy atom. The molecule has 2 saturated carbocycles. The Balaban J connectivity index is 0.000000183. The molecule has 279 valence electrons. The van der Waals surface area contributed by atoms with E-state index in [-0.39, 0.29) is 20.1 Å². The number of aromatic nitrogens is 3. The van der Waals surface area contributed by atoms with E-state index in [1.165, 1.54) is 75.3 Å². The molecule has 4 aromatic heterocycles. The predicted molar refractivity (Wildman–Crippen MR) is 220 cm³/mol.